The molecule has 0 spiro atoms. The molecular formula is C18H16F6N2O3. The van der Waals surface area contributed by atoms with Crippen molar-refractivity contribution in [3.8, 4) is 11.5 Å². The SMILES string of the molecule is Cc1ccc(OCC(F)(F)F)c([C@@H](C)NC(=O)c2cccc(OC(F)(F)F)c2)n1. The van der Waals surface area contributed by atoms with Crippen LogP contribution in [0.1, 0.15) is 34.7 Å². The van der Waals surface area contributed by atoms with Crippen LogP contribution in [0.3, 0.4) is 0 Å². The highest BCUT2D eigenvalue weighted by molar-refractivity contribution is 5.94. The summed E-state index contributed by atoms with van der Waals surface area (Å²) in [7, 11) is 0. The second kappa shape index (κ2) is 8.58. The molecule has 0 bridgehead atoms. The van der Waals surface area contributed by atoms with Crippen molar-refractivity contribution in [3.63, 3.8) is 0 Å². The number of amides is 1. The molecule has 5 nitrogen and oxygen atoms in total. The number of pyridine rings is 1. The normalized spacial score (nSPS) is 13.0. The Morgan fingerprint density at radius 1 is 1.14 bits per heavy atom. The van der Waals surface area contributed by atoms with Crippen LogP contribution in [0.15, 0.2) is 36.4 Å². The third-order valence-electron chi connectivity index (χ3n) is 3.50. The molecule has 0 aliphatic carbocycles. The molecular weight excluding hydrogens is 406 g/mol. The fourth-order valence-electron chi connectivity index (χ4n) is 2.34. The van der Waals surface area contributed by atoms with Gasteiger partial charge >= 0.3 is 12.5 Å². The van der Waals surface area contributed by atoms with E-state index in [0.29, 0.717) is 5.69 Å². The van der Waals surface area contributed by atoms with Crippen LogP contribution >= 0.6 is 0 Å². The summed E-state index contributed by atoms with van der Waals surface area (Å²) in [5.41, 5.74) is 0.385. The van der Waals surface area contributed by atoms with E-state index < -0.39 is 36.8 Å². The number of rotatable bonds is 6. The quantitative estimate of drug-likeness (QED) is 0.685. The summed E-state index contributed by atoms with van der Waals surface area (Å²) in [4.78, 5) is 16.5. The van der Waals surface area contributed by atoms with Crippen molar-refractivity contribution < 1.29 is 40.6 Å². The van der Waals surface area contributed by atoms with Gasteiger partial charge in [-0.15, -0.1) is 13.2 Å². The number of halogens is 6. The van der Waals surface area contributed by atoms with Crippen LogP contribution in [0.25, 0.3) is 0 Å². The lowest BCUT2D eigenvalue weighted by molar-refractivity contribution is -0.274. The molecule has 2 aromatic rings. The highest BCUT2D eigenvalue weighted by Gasteiger charge is 2.31. The second-order valence-electron chi connectivity index (χ2n) is 6.01. The molecule has 11 heteroatoms. The first-order chi connectivity index (χ1) is 13.3. The van der Waals surface area contributed by atoms with Gasteiger partial charge in [-0.05, 0) is 44.2 Å². The van der Waals surface area contributed by atoms with Crippen LogP contribution in [-0.2, 0) is 0 Å². The first-order valence-corrected chi connectivity index (χ1v) is 8.18. The number of aromatic nitrogens is 1. The average molecular weight is 422 g/mol. The smallest absolute Gasteiger partial charge is 0.482 e. The molecule has 0 aliphatic rings. The number of carbonyl (C=O) groups excluding carboxylic acids is 1. The van der Waals surface area contributed by atoms with Crippen molar-refractivity contribution in [1.29, 1.82) is 0 Å². The number of ether oxygens (including phenoxy) is 2. The fourth-order valence-corrected chi connectivity index (χ4v) is 2.34. The van der Waals surface area contributed by atoms with Crippen LogP contribution in [-0.4, -0.2) is 30.0 Å². The van der Waals surface area contributed by atoms with Gasteiger partial charge in [0.25, 0.3) is 5.91 Å². The summed E-state index contributed by atoms with van der Waals surface area (Å²) in [6.07, 6.45) is -9.48. The van der Waals surface area contributed by atoms with Crippen LogP contribution in [0.5, 0.6) is 11.5 Å². The van der Waals surface area contributed by atoms with Crippen LogP contribution in [0.4, 0.5) is 26.3 Å². The summed E-state index contributed by atoms with van der Waals surface area (Å²) in [5.74, 6) is -1.52. The second-order valence-corrected chi connectivity index (χ2v) is 6.01. The molecule has 1 aromatic heterocycles. The summed E-state index contributed by atoms with van der Waals surface area (Å²) < 4.78 is 82.8. The average Bonchev–Trinajstić information content (AvgIpc) is 2.58. The molecule has 0 radical (unpaired) electrons. The maximum Gasteiger partial charge on any atom is 0.573 e. The standard InChI is InChI=1S/C18H16F6N2O3/c1-10-6-7-14(28-9-17(19,20)21)15(25-10)11(2)26-16(27)12-4-3-5-13(8-12)29-18(22,23)24/h3-8,11H,9H2,1-2H3,(H,26,27)/t11-/m1/s1. The molecule has 29 heavy (non-hydrogen) atoms. The van der Waals surface area contributed by atoms with E-state index >= 15 is 0 Å². The summed E-state index contributed by atoms with van der Waals surface area (Å²) in [5, 5.41) is 2.47. The Bertz CT molecular complexity index is 867. The predicted molar refractivity (Wildman–Crippen MR) is 89.5 cm³/mol. The van der Waals surface area contributed by atoms with Crippen molar-refractivity contribution in [1.82, 2.24) is 10.3 Å². The van der Waals surface area contributed by atoms with Gasteiger partial charge in [0.2, 0.25) is 0 Å². The zero-order chi connectivity index (χ0) is 21.8. The Morgan fingerprint density at radius 2 is 1.83 bits per heavy atom. The zero-order valence-electron chi connectivity index (χ0n) is 15.2. The van der Waals surface area contributed by atoms with Gasteiger partial charge in [-0.25, -0.2) is 0 Å². The van der Waals surface area contributed by atoms with Crippen LogP contribution in [0, 0.1) is 6.92 Å². The Balaban J connectivity index is 2.17. The largest absolute Gasteiger partial charge is 0.573 e. The van der Waals surface area contributed by atoms with Crippen molar-refractivity contribution in [2.45, 2.75) is 32.4 Å². The van der Waals surface area contributed by atoms with Crippen LogP contribution in [0.2, 0.25) is 0 Å². The lowest BCUT2D eigenvalue weighted by atomic mass is 10.1. The summed E-state index contributed by atoms with van der Waals surface area (Å²) >= 11 is 0. The number of nitrogens with zero attached hydrogens (tertiary/aromatic N) is 1. The number of hydrogen-bond donors (Lipinski definition) is 1. The molecule has 1 atom stereocenters. The van der Waals surface area contributed by atoms with Gasteiger partial charge in [-0.1, -0.05) is 6.07 Å². The Labute approximate surface area is 161 Å². The Morgan fingerprint density at radius 3 is 2.45 bits per heavy atom. The minimum atomic E-state index is -4.92. The van der Waals surface area contributed by atoms with E-state index in [0.717, 1.165) is 12.1 Å². The van der Waals surface area contributed by atoms with E-state index in [2.05, 4.69) is 15.0 Å². The minimum Gasteiger partial charge on any atom is -0.482 e. The van der Waals surface area contributed by atoms with Gasteiger partial charge in [-0.2, -0.15) is 13.2 Å². The third-order valence-corrected chi connectivity index (χ3v) is 3.50. The van der Waals surface area contributed by atoms with Crippen molar-refractivity contribution >= 4 is 5.91 Å². The van der Waals surface area contributed by atoms with Crippen molar-refractivity contribution in [3.05, 3.63) is 53.3 Å². The number of aryl methyl sites for hydroxylation is 1. The zero-order valence-corrected chi connectivity index (χ0v) is 15.2. The number of benzene rings is 1. The van der Waals surface area contributed by atoms with E-state index in [1.54, 1.807) is 6.92 Å². The van der Waals surface area contributed by atoms with Gasteiger partial charge in [0.1, 0.15) is 17.2 Å². The van der Waals surface area contributed by atoms with E-state index in [9.17, 15) is 31.1 Å². The van der Waals surface area contributed by atoms with Gasteiger partial charge in [-0.3, -0.25) is 9.78 Å². The van der Waals surface area contributed by atoms with E-state index in [-0.39, 0.29) is 17.0 Å². The van der Waals surface area contributed by atoms with E-state index in [1.807, 2.05) is 0 Å². The predicted octanol–water partition coefficient (Wildman–Crippen LogP) is 4.72. The Kier molecular flexibility index (Phi) is 6.60. The number of alkyl halides is 6. The molecule has 1 N–H and O–H groups in total. The van der Waals surface area contributed by atoms with E-state index in [1.165, 1.54) is 31.2 Å². The molecule has 0 saturated carbocycles. The minimum absolute atomic E-state index is 0.0466. The van der Waals surface area contributed by atoms with Crippen molar-refractivity contribution in [2.75, 3.05) is 6.61 Å². The summed E-state index contributed by atoms with van der Waals surface area (Å²) in [6, 6.07) is 6.22. The highest BCUT2D eigenvalue weighted by atomic mass is 19.4. The topological polar surface area (TPSA) is 60.5 Å². The number of nitrogens with one attached hydrogen (secondary N) is 1. The highest BCUT2D eigenvalue weighted by Crippen LogP contribution is 2.27. The molecule has 0 aliphatic heterocycles. The third kappa shape index (κ3) is 7.16. The molecule has 0 unspecified atom stereocenters. The molecule has 1 heterocycles. The van der Waals surface area contributed by atoms with Gasteiger partial charge < -0.3 is 14.8 Å². The Hall–Kier alpha value is -2.98. The lowest BCUT2D eigenvalue weighted by Gasteiger charge is -2.19. The van der Waals surface area contributed by atoms with Gasteiger partial charge in [0.05, 0.1) is 6.04 Å². The number of hydrogen-bond acceptors (Lipinski definition) is 4. The maximum absolute atomic E-state index is 12.4. The van der Waals surface area contributed by atoms with Crippen molar-refractivity contribution in [2.24, 2.45) is 0 Å². The molecule has 2 rings (SSSR count). The molecule has 158 valence electrons. The molecule has 0 saturated heterocycles. The van der Waals surface area contributed by atoms with Crippen LogP contribution < -0.4 is 14.8 Å². The molecule has 0 fully saturated rings. The van der Waals surface area contributed by atoms with Gasteiger partial charge in [0.15, 0.2) is 6.61 Å². The lowest BCUT2D eigenvalue weighted by Crippen LogP contribution is -2.28. The fraction of sp³-hybridized carbons (Fsp3) is 0.333. The maximum atomic E-state index is 12.4. The number of carbonyl (C=O) groups is 1. The van der Waals surface area contributed by atoms with E-state index in [4.69, 9.17) is 4.74 Å². The first-order valence-electron chi connectivity index (χ1n) is 8.18. The van der Waals surface area contributed by atoms with Gasteiger partial charge in [0, 0.05) is 11.3 Å². The summed E-state index contributed by atoms with van der Waals surface area (Å²) in [6.45, 7) is 1.52. The molecule has 1 aromatic carbocycles. The molecule has 1 amide bonds. The first kappa shape index (κ1) is 22.3. The monoisotopic (exact) mass is 422 g/mol.